The van der Waals surface area contributed by atoms with Crippen molar-refractivity contribution in [1.82, 2.24) is 10.3 Å². The molecule has 1 heterocycles. The molecule has 0 radical (unpaired) electrons. The van der Waals surface area contributed by atoms with Crippen molar-refractivity contribution in [2.75, 3.05) is 7.05 Å². The fourth-order valence-electron chi connectivity index (χ4n) is 2.95. The smallest absolute Gasteiger partial charge is 0.256 e. The molecule has 1 aliphatic rings. The Kier molecular flexibility index (Phi) is 2.86. The van der Waals surface area contributed by atoms with Crippen LogP contribution >= 0.6 is 0 Å². The third-order valence-corrected chi connectivity index (χ3v) is 3.78. The van der Waals surface area contributed by atoms with Gasteiger partial charge in [0.15, 0.2) is 0 Å². The Bertz CT molecular complexity index is 709. The van der Waals surface area contributed by atoms with Crippen LogP contribution in [-0.4, -0.2) is 12.0 Å². The van der Waals surface area contributed by atoms with E-state index in [4.69, 9.17) is 0 Å². The van der Waals surface area contributed by atoms with E-state index in [0.29, 0.717) is 0 Å². The third-order valence-electron chi connectivity index (χ3n) is 3.78. The molecule has 0 fully saturated rings. The van der Waals surface area contributed by atoms with Crippen molar-refractivity contribution < 1.29 is 8.78 Å². The molecule has 1 aliphatic carbocycles. The molecule has 2 N–H and O–H groups in total. The van der Waals surface area contributed by atoms with Gasteiger partial charge in [-0.2, -0.15) is 0 Å². The number of hydrogen-bond donors (Lipinski definition) is 2. The maximum Gasteiger partial charge on any atom is 0.256 e. The van der Waals surface area contributed by atoms with Gasteiger partial charge >= 0.3 is 0 Å². The highest BCUT2D eigenvalue weighted by molar-refractivity contribution is 5.86. The van der Waals surface area contributed by atoms with E-state index >= 15 is 0 Å². The number of fused-ring (bicyclic) bond motifs is 3. The zero-order valence-electron chi connectivity index (χ0n) is 10.5. The number of aromatic amines is 1. The molecule has 100 valence electrons. The molecule has 3 nitrogen and oxygen atoms in total. The van der Waals surface area contributed by atoms with E-state index in [1.165, 1.54) is 0 Å². The van der Waals surface area contributed by atoms with Crippen molar-refractivity contribution >= 4 is 10.8 Å². The van der Waals surface area contributed by atoms with Gasteiger partial charge in [0, 0.05) is 23.2 Å². The van der Waals surface area contributed by atoms with Crippen molar-refractivity contribution in [3.63, 3.8) is 0 Å². The minimum Gasteiger partial charge on any atom is -0.325 e. The first-order valence-corrected chi connectivity index (χ1v) is 6.33. The van der Waals surface area contributed by atoms with Crippen molar-refractivity contribution in [1.29, 1.82) is 0 Å². The highest BCUT2D eigenvalue weighted by Gasteiger charge is 2.25. The highest BCUT2D eigenvalue weighted by atomic mass is 19.1. The number of H-pyrrole nitrogens is 1. The van der Waals surface area contributed by atoms with Gasteiger partial charge in [-0.05, 0) is 37.9 Å². The molecule has 3 rings (SSSR count). The van der Waals surface area contributed by atoms with Gasteiger partial charge in [-0.1, -0.05) is 0 Å². The van der Waals surface area contributed by atoms with E-state index in [0.717, 1.165) is 42.7 Å². The Hall–Kier alpha value is -1.75. The summed E-state index contributed by atoms with van der Waals surface area (Å²) < 4.78 is 27.4. The number of nitrogens with one attached hydrogen (secondary N) is 2. The average molecular weight is 264 g/mol. The number of hydrogen-bond acceptors (Lipinski definition) is 2. The van der Waals surface area contributed by atoms with Crippen molar-refractivity contribution in [2.45, 2.75) is 25.3 Å². The van der Waals surface area contributed by atoms with Gasteiger partial charge in [-0.3, -0.25) is 4.79 Å². The fourth-order valence-corrected chi connectivity index (χ4v) is 2.95. The summed E-state index contributed by atoms with van der Waals surface area (Å²) in [6.45, 7) is 0. The molecule has 0 spiro atoms. The molecule has 1 aromatic carbocycles. The normalized spacial score (nSPS) is 18.6. The Morgan fingerprint density at radius 1 is 1.37 bits per heavy atom. The van der Waals surface area contributed by atoms with Crippen LogP contribution in [-0.2, 0) is 6.42 Å². The number of halogens is 2. The zero-order valence-corrected chi connectivity index (χ0v) is 10.5. The number of rotatable bonds is 1. The standard InChI is InChI=1S/C14H14F2N2O/c1-17-10-3-2-4-11-13(10)12-8(14(19)18-11)5-7(15)6-9(12)16/h5-6,10,17H,2-4H2,1H3,(H,18,19). The van der Waals surface area contributed by atoms with Crippen molar-refractivity contribution in [3.05, 3.63) is 45.4 Å². The van der Waals surface area contributed by atoms with Crippen LogP contribution in [0.3, 0.4) is 0 Å². The van der Waals surface area contributed by atoms with Crippen molar-refractivity contribution in [2.24, 2.45) is 0 Å². The summed E-state index contributed by atoms with van der Waals surface area (Å²) in [5, 5.41) is 3.46. The second kappa shape index (κ2) is 4.42. The van der Waals surface area contributed by atoms with E-state index in [2.05, 4.69) is 10.3 Å². The number of aromatic nitrogens is 1. The van der Waals surface area contributed by atoms with Crippen LogP contribution in [0.5, 0.6) is 0 Å². The molecule has 19 heavy (non-hydrogen) atoms. The van der Waals surface area contributed by atoms with Gasteiger partial charge in [0.1, 0.15) is 11.6 Å². The SMILES string of the molecule is CNC1CCCc2[nH]c(=O)c3cc(F)cc(F)c3c21. The lowest BCUT2D eigenvalue weighted by molar-refractivity contribution is 0.490. The first kappa shape index (κ1) is 12.3. The average Bonchev–Trinajstić information content (AvgIpc) is 2.38. The molecule has 0 saturated heterocycles. The monoisotopic (exact) mass is 264 g/mol. The summed E-state index contributed by atoms with van der Waals surface area (Å²) in [4.78, 5) is 14.7. The molecule has 5 heteroatoms. The summed E-state index contributed by atoms with van der Waals surface area (Å²) in [5.41, 5.74) is 1.10. The number of pyridine rings is 1. The Morgan fingerprint density at radius 3 is 2.89 bits per heavy atom. The van der Waals surface area contributed by atoms with Crippen molar-refractivity contribution in [3.8, 4) is 0 Å². The maximum absolute atomic E-state index is 14.1. The molecular formula is C14H14F2N2O. The minimum atomic E-state index is -0.729. The zero-order chi connectivity index (χ0) is 13.6. The lowest BCUT2D eigenvalue weighted by atomic mass is 9.87. The predicted octanol–water partition coefficient (Wildman–Crippen LogP) is 2.40. The van der Waals surface area contributed by atoms with E-state index < -0.39 is 17.2 Å². The topological polar surface area (TPSA) is 44.9 Å². The summed E-state index contributed by atoms with van der Waals surface area (Å²) >= 11 is 0. The van der Waals surface area contributed by atoms with E-state index in [1.54, 1.807) is 7.05 Å². The molecule has 1 unspecified atom stereocenters. The molecule has 2 aromatic rings. The largest absolute Gasteiger partial charge is 0.325 e. The Balaban J connectivity index is 2.46. The second-order valence-corrected chi connectivity index (χ2v) is 4.89. The van der Waals surface area contributed by atoms with Gasteiger partial charge in [0.05, 0.1) is 5.39 Å². The molecule has 0 amide bonds. The van der Waals surface area contributed by atoms with Gasteiger partial charge in [-0.25, -0.2) is 8.78 Å². The van der Waals surface area contributed by atoms with E-state index in [9.17, 15) is 13.6 Å². The van der Waals surface area contributed by atoms with Crippen LogP contribution in [0, 0.1) is 11.6 Å². The Labute approximate surface area is 108 Å². The van der Waals surface area contributed by atoms with Crippen LogP contribution < -0.4 is 10.9 Å². The fraction of sp³-hybridized carbons (Fsp3) is 0.357. The number of aryl methyl sites for hydroxylation is 1. The molecule has 0 bridgehead atoms. The summed E-state index contributed by atoms with van der Waals surface area (Å²) in [6.07, 6.45) is 2.53. The Morgan fingerprint density at radius 2 is 2.16 bits per heavy atom. The summed E-state index contributed by atoms with van der Waals surface area (Å²) in [6, 6.07) is 1.92. The molecule has 0 saturated carbocycles. The lowest BCUT2D eigenvalue weighted by Crippen LogP contribution is -2.26. The number of benzene rings is 1. The van der Waals surface area contributed by atoms with Gasteiger partial charge in [-0.15, -0.1) is 0 Å². The molecule has 0 aliphatic heterocycles. The molecular weight excluding hydrogens is 250 g/mol. The van der Waals surface area contributed by atoms with Crippen LogP contribution in [0.2, 0.25) is 0 Å². The lowest BCUT2D eigenvalue weighted by Gasteiger charge is -2.26. The summed E-state index contributed by atoms with van der Waals surface area (Å²) in [7, 11) is 1.80. The first-order valence-electron chi connectivity index (χ1n) is 6.33. The van der Waals surface area contributed by atoms with E-state index in [1.807, 2.05) is 0 Å². The van der Waals surface area contributed by atoms with Crippen LogP contribution in [0.1, 0.15) is 30.1 Å². The second-order valence-electron chi connectivity index (χ2n) is 4.89. The van der Waals surface area contributed by atoms with Gasteiger partial charge < -0.3 is 10.3 Å². The van der Waals surface area contributed by atoms with Crippen LogP contribution in [0.25, 0.3) is 10.8 Å². The summed E-state index contributed by atoms with van der Waals surface area (Å²) in [5.74, 6) is -1.40. The third kappa shape index (κ3) is 1.85. The quantitative estimate of drug-likeness (QED) is 0.830. The highest BCUT2D eigenvalue weighted by Crippen LogP contribution is 2.34. The van der Waals surface area contributed by atoms with Crippen LogP contribution in [0.15, 0.2) is 16.9 Å². The molecule has 1 aromatic heterocycles. The predicted molar refractivity (Wildman–Crippen MR) is 69.2 cm³/mol. The molecule has 1 atom stereocenters. The van der Waals surface area contributed by atoms with Gasteiger partial charge in [0.25, 0.3) is 5.56 Å². The first-order chi connectivity index (χ1) is 9.11. The maximum atomic E-state index is 14.1. The van der Waals surface area contributed by atoms with E-state index in [-0.39, 0.29) is 16.8 Å². The van der Waals surface area contributed by atoms with Gasteiger partial charge in [0.2, 0.25) is 0 Å². The minimum absolute atomic E-state index is 0.0111. The van der Waals surface area contributed by atoms with Crippen LogP contribution in [0.4, 0.5) is 8.78 Å².